The second-order valence-corrected chi connectivity index (χ2v) is 9.04. The van der Waals surface area contributed by atoms with E-state index in [1.165, 1.54) is 49.6 Å². The Bertz CT molecular complexity index is 1420. The molecule has 0 amide bonds. The number of benzene rings is 3. The number of aryl methyl sites for hydroxylation is 1. The Morgan fingerprint density at radius 2 is 1.81 bits per heavy atom. The van der Waals surface area contributed by atoms with Gasteiger partial charge in [-0.25, -0.2) is 17.2 Å². The number of aromatic nitrogens is 1. The summed E-state index contributed by atoms with van der Waals surface area (Å²) in [6.07, 6.45) is 0.336. The van der Waals surface area contributed by atoms with Crippen molar-refractivity contribution < 1.29 is 21.9 Å². The Labute approximate surface area is 184 Å². The lowest BCUT2D eigenvalue weighted by molar-refractivity contribution is 0.413. The molecule has 4 rings (SSSR count). The number of anilines is 1. The van der Waals surface area contributed by atoms with Crippen LogP contribution in [0.2, 0.25) is 0 Å². The molecule has 164 valence electrons. The van der Waals surface area contributed by atoms with Crippen molar-refractivity contribution in [3.8, 4) is 5.75 Å². The van der Waals surface area contributed by atoms with Gasteiger partial charge in [-0.15, -0.1) is 0 Å². The van der Waals surface area contributed by atoms with E-state index in [2.05, 4.69) is 9.71 Å². The number of fused-ring (bicyclic) bond motifs is 1. The minimum atomic E-state index is -4.00. The highest BCUT2D eigenvalue weighted by Gasteiger charge is 2.17. The number of pyridine rings is 1. The van der Waals surface area contributed by atoms with Crippen LogP contribution in [0, 0.1) is 18.6 Å². The first-order chi connectivity index (χ1) is 15.2. The molecular weight excluding hydrogens is 434 g/mol. The van der Waals surface area contributed by atoms with Crippen LogP contribution in [0.25, 0.3) is 10.9 Å². The Morgan fingerprint density at radius 3 is 2.56 bits per heavy atom. The number of methoxy groups -OCH3 is 1. The number of halogens is 2. The molecule has 0 atom stereocenters. The molecule has 0 aliphatic carbocycles. The van der Waals surface area contributed by atoms with Gasteiger partial charge in [-0.3, -0.25) is 9.71 Å². The fourth-order valence-corrected chi connectivity index (χ4v) is 4.61. The predicted molar refractivity (Wildman–Crippen MR) is 119 cm³/mol. The van der Waals surface area contributed by atoms with Crippen LogP contribution in [0.3, 0.4) is 0 Å². The van der Waals surface area contributed by atoms with Gasteiger partial charge in [0.25, 0.3) is 10.0 Å². The molecule has 8 heteroatoms. The molecule has 3 aromatic carbocycles. The number of ether oxygens (including phenoxy) is 1. The van der Waals surface area contributed by atoms with Gasteiger partial charge in [0.05, 0.1) is 23.2 Å². The number of hydrogen-bond donors (Lipinski definition) is 1. The van der Waals surface area contributed by atoms with Crippen molar-refractivity contribution in [2.24, 2.45) is 0 Å². The van der Waals surface area contributed by atoms with E-state index in [0.29, 0.717) is 28.6 Å². The Morgan fingerprint density at radius 1 is 1.00 bits per heavy atom. The third-order valence-corrected chi connectivity index (χ3v) is 6.37. The number of nitrogens with zero attached hydrogens (tertiary/aromatic N) is 1. The lowest BCUT2D eigenvalue weighted by atomic mass is 10.00. The van der Waals surface area contributed by atoms with Gasteiger partial charge in [-0.2, -0.15) is 0 Å². The number of hydrogen-bond acceptors (Lipinski definition) is 4. The molecule has 0 unspecified atom stereocenters. The molecule has 0 fully saturated rings. The van der Waals surface area contributed by atoms with E-state index in [-0.39, 0.29) is 16.4 Å². The van der Waals surface area contributed by atoms with Crippen LogP contribution in [-0.4, -0.2) is 20.5 Å². The number of sulfonamides is 1. The highest BCUT2D eigenvalue weighted by Crippen LogP contribution is 2.26. The largest absolute Gasteiger partial charge is 0.497 e. The van der Waals surface area contributed by atoms with E-state index in [1.807, 2.05) is 13.0 Å². The molecule has 0 spiro atoms. The van der Waals surface area contributed by atoms with E-state index < -0.39 is 15.8 Å². The maximum atomic E-state index is 14.8. The summed E-state index contributed by atoms with van der Waals surface area (Å²) >= 11 is 0. The van der Waals surface area contributed by atoms with E-state index >= 15 is 0 Å². The average Bonchev–Trinajstić information content (AvgIpc) is 2.76. The van der Waals surface area contributed by atoms with Crippen LogP contribution in [0.4, 0.5) is 14.5 Å². The van der Waals surface area contributed by atoms with E-state index in [0.717, 1.165) is 11.3 Å². The molecule has 1 N–H and O–H groups in total. The quantitative estimate of drug-likeness (QED) is 0.434. The smallest absolute Gasteiger partial charge is 0.262 e. The summed E-state index contributed by atoms with van der Waals surface area (Å²) in [5, 5.41) is 0.652. The van der Waals surface area contributed by atoms with Gasteiger partial charge in [-0.05, 0) is 73.0 Å². The van der Waals surface area contributed by atoms with Crippen molar-refractivity contribution in [3.05, 3.63) is 95.2 Å². The summed E-state index contributed by atoms with van der Waals surface area (Å²) in [7, 11) is -2.57. The molecule has 0 radical (unpaired) electrons. The topological polar surface area (TPSA) is 68.3 Å². The fourth-order valence-electron chi connectivity index (χ4n) is 3.50. The molecule has 0 aliphatic rings. The summed E-state index contributed by atoms with van der Waals surface area (Å²) in [4.78, 5) is 4.37. The molecule has 0 saturated heterocycles. The zero-order chi connectivity index (χ0) is 22.9. The van der Waals surface area contributed by atoms with Crippen molar-refractivity contribution in [1.29, 1.82) is 0 Å². The lowest BCUT2D eigenvalue weighted by Gasteiger charge is -2.12. The van der Waals surface area contributed by atoms with E-state index in [1.54, 1.807) is 18.2 Å². The van der Waals surface area contributed by atoms with Crippen molar-refractivity contribution in [2.75, 3.05) is 11.8 Å². The van der Waals surface area contributed by atoms with E-state index in [9.17, 15) is 17.2 Å². The molecule has 4 aromatic rings. The first kappa shape index (κ1) is 21.7. The van der Waals surface area contributed by atoms with Crippen LogP contribution in [0.5, 0.6) is 5.75 Å². The second-order valence-electron chi connectivity index (χ2n) is 7.36. The van der Waals surface area contributed by atoms with Gasteiger partial charge < -0.3 is 4.74 Å². The fraction of sp³-hybridized carbons (Fsp3) is 0.125. The second kappa shape index (κ2) is 8.55. The third kappa shape index (κ3) is 4.55. The van der Waals surface area contributed by atoms with Gasteiger partial charge in [0.1, 0.15) is 17.4 Å². The van der Waals surface area contributed by atoms with Crippen molar-refractivity contribution in [1.82, 2.24) is 4.98 Å². The Balaban J connectivity index is 1.62. The zero-order valence-corrected chi connectivity index (χ0v) is 18.2. The molecule has 32 heavy (non-hydrogen) atoms. The third-order valence-electron chi connectivity index (χ3n) is 5.01. The molecule has 5 nitrogen and oxygen atoms in total. The molecule has 1 heterocycles. The standard InChI is InChI=1S/C24H20F2N2O3S/c1-15-10-17(21-13-18(25)7-9-23(21)27-15)11-16-6-8-24(22(26)12-16)28-32(29,30)20-5-3-4-19(14-20)31-2/h3-10,12-14,28H,11H2,1-2H3. The summed E-state index contributed by atoms with van der Waals surface area (Å²) in [5.41, 5.74) is 2.67. The molecule has 0 bridgehead atoms. The van der Waals surface area contributed by atoms with Crippen molar-refractivity contribution in [3.63, 3.8) is 0 Å². The number of rotatable bonds is 6. The molecule has 0 aliphatic heterocycles. The maximum Gasteiger partial charge on any atom is 0.262 e. The van der Waals surface area contributed by atoms with Gasteiger partial charge in [0, 0.05) is 17.1 Å². The van der Waals surface area contributed by atoms with Crippen LogP contribution in [0.15, 0.2) is 71.6 Å². The number of nitrogens with one attached hydrogen (secondary N) is 1. The first-order valence-electron chi connectivity index (χ1n) is 9.76. The van der Waals surface area contributed by atoms with Crippen LogP contribution in [0.1, 0.15) is 16.8 Å². The molecule has 1 aromatic heterocycles. The first-order valence-corrected chi connectivity index (χ1v) is 11.2. The van der Waals surface area contributed by atoms with Crippen LogP contribution in [-0.2, 0) is 16.4 Å². The maximum absolute atomic E-state index is 14.8. The highest BCUT2D eigenvalue weighted by molar-refractivity contribution is 7.92. The summed E-state index contributed by atoms with van der Waals surface area (Å²) in [5.74, 6) is -0.715. The SMILES string of the molecule is COc1cccc(S(=O)(=O)Nc2ccc(Cc3cc(C)nc4ccc(F)cc34)cc2F)c1. The molecule has 0 saturated carbocycles. The van der Waals surface area contributed by atoms with Crippen LogP contribution < -0.4 is 9.46 Å². The summed E-state index contributed by atoms with van der Waals surface area (Å²) in [6, 6.07) is 16.4. The molecular formula is C24H20F2N2O3S. The minimum absolute atomic E-state index is 0.0407. The van der Waals surface area contributed by atoms with Crippen molar-refractivity contribution in [2.45, 2.75) is 18.2 Å². The van der Waals surface area contributed by atoms with Crippen LogP contribution >= 0.6 is 0 Å². The van der Waals surface area contributed by atoms with Gasteiger partial charge in [0.2, 0.25) is 0 Å². The van der Waals surface area contributed by atoms with Gasteiger partial charge >= 0.3 is 0 Å². The van der Waals surface area contributed by atoms with Crippen molar-refractivity contribution >= 4 is 26.6 Å². The minimum Gasteiger partial charge on any atom is -0.497 e. The summed E-state index contributed by atoms with van der Waals surface area (Å²) < 4.78 is 61.1. The highest BCUT2D eigenvalue weighted by atomic mass is 32.2. The lowest BCUT2D eigenvalue weighted by Crippen LogP contribution is -2.14. The monoisotopic (exact) mass is 454 g/mol. The Kier molecular flexibility index (Phi) is 5.80. The summed E-state index contributed by atoms with van der Waals surface area (Å²) in [6.45, 7) is 1.84. The normalized spacial score (nSPS) is 11.5. The average molecular weight is 454 g/mol. The van der Waals surface area contributed by atoms with Gasteiger partial charge in [0.15, 0.2) is 0 Å². The van der Waals surface area contributed by atoms with E-state index in [4.69, 9.17) is 4.74 Å². The Hall–Kier alpha value is -3.52. The van der Waals surface area contributed by atoms with Gasteiger partial charge in [-0.1, -0.05) is 12.1 Å². The predicted octanol–water partition coefficient (Wildman–Crippen LogP) is 5.22. The zero-order valence-electron chi connectivity index (χ0n) is 17.4.